The Labute approximate surface area is 76.4 Å². The van der Waals surface area contributed by atoms with Crippen molar-refractivity contribution in [3.63, 3.8) is 0 Å². The molecule has 0 aromatic carbocycles. The van der Waals surface area contributed by atoms with Crippen LogP contribution in [0.5, 0.6) is 0 Å². The molecule has 12 heavy (non-hydrogen) atoms. The second-order valence-electron chi connectivity index (χ2n) is 2.44. The third-order valence-corrected chi connectivity index (χ3v) is 2.46. The maximum absolute atomic E-state index is 10.4. The van der Waals surface area contributed by atoms with Gasteiger partial charge in [0.05, 0.1) is 5.03 Å². The van der Waals surface area contributed by atoms with E-state index in [9.17, 15) is 4.79 Å². The normalized spacial score (nSPS) is 9.83. The number of aryl methyl sites for hydroxylation is 1. The second-order valence-corrected chi connectivity index (χ2v) is 3.69. The molecule has 0 saturated heterocycles. The van der Waals surface area contributed by atoms with Crippen molar-refractivity contribution >= 4 is 18.0 Å². The molecule has 0 aliphatic carbocycles. The van der Waals surface area contributed by atoms with Gasteiger partial charge >= 0.3 is 0 Å². The van der Waals surface area contributed by atoms with Gasteiger partial charge in [-0.15, -0.1) is 11.8 Å². The minimum atomic E-state index is 0.646. The molecule has 0 saturated carbocycles. The molecule has 1 heterocycles. The average molecular weight is 181 g/mol. The summed E-state index contributed by atoms with van der Waals surface area (Å²) in [6, 6.07) is 1.86. The fraction of sp³-hybridized carbons (Fsp3) is 0.333. The minimum Gasteiger partial charge on any atom is -0.298 e. The largest absolute Gasteiger partial charge is 0.298 e. The predicted molar refractivity (Wildman–Crippen MR) is 50.8 cm³/mol. The molecule has 0 fully saturated rings. The van der Waals surface area contributed by atoms with Crippen LogP contribution in [0.15, 0.2) is 17.3 Å². The van der Waals surface area contributed by atoms with Crippen LogP contribution in [0.1, 0.15) is 22.8 Å². The lowest BCUT2D eigenvalue weighted by molar-refractivity contribution is 0.112. The van der Waals surface area contributed by atoms with E-state index in [1.807, 2.05) is 13.0 Å². The lowest BCUT2D eigenvalue weighted by Crippen LogP contribution is -1.89. The quantitative estimate of drug-likeness (QED) is 0.529. The van der Waals surface area contributed by atoms with Crippen LogP contribution in [0.3, 0.4) is 0 Å². The number of hydrogen-bond acceptors (Lipinski definition) is 3. The third-order valence-electron chi connectivity index (χ3n) is 1.47. The zero-order valence-corrected chi connectivity index (χ0v) is 8.02. The molecule has 0 spiro atoms. The molecular weight excluding hydrogens is 170 g/mol. The summed E-state index contributed by atoms with van der Waals surface area (Å²) in [4.78, 5) is 14.6. The molecule has 2 nitrogen and oxygen atoms in total. The van der Waals surface area contributed by atoms with E-state index in [0.717, 1.165) is 22.6 Å². The van der Waals surface area contributed by atoms with Crippen molar-refractivity contribution < 1.29 is 4.79 Å². The van der Waals surface area contributed by atoms with Gasteiger partial charge in [-0.2, -0.15) is 0 Å². The van der Waals surface area contributed by atoms with Crippen molar-refractivity contribution in [2.45, 2.75) is 18.9 Å². The molecule has 0 aliphatic heterocycles. The first-order chi connectivity index (χ1) is 5.77. The van der Waals surface area contributed by atoms with Gasteiger partial charge in [-0.05, 0) is 24.3 Å². The fourth-order valence-corrected chi connectivity index (χ4v) is 1.62. The highest BCUT2D eigenvalue weighted by atomic mass is 32.2. The number of hydrogen-bond donors (Lipinski definition) is 0. The molecule has 1 rings (SSSR count). The summed E-state index contributed by atoms with van der Waals surface area (Å²) >= 11 is 1.69. The van der Waals surface area contributed by atoms with Crippen LogP contribution in [0.2, 0.25) is 0 Å². The summed E-state index contributed by atoms with van der Waals surface area (Å²) in [5.41, 5.74) is 1.72. The molecule has 0 bridgehead atoms. The smallest absolute Gasteiger partial charge is 0.151 e. The Morgan fingerprint density at radius 2 is 2.42 bits per heavy atom. The van der Waals surface area contributed by atoms with E-state index in [4.69, 9.17) is 0 Å². The van der Waals surface area contributed by atoms with Gasteiger partial charge < -0.3 is 0 Å². The number of carbonyl (C=O) groups excluding carboxylic acids is 1. The molecule has 1 aromatic rings. The summed E-state index contributed by atoms with van der Waals surface area (Å²) in [6.07, 6.45) is 2.43. The average Bonchev–Trinajstić information content (AvgIpc) is 2.09. The number of nitrogens with zero attached hydrogens (tertiary/aromatic N) is 1. The number of carbonyl (C=O) groups is 1. The van der Waals surface area contributed by atoms with E-state index in [1.165, 1.54) is 0 Å². The summed E-state index contributed by atoms with van der Waals surface area (Å²) in [5, 5.41) is 1.02. The van der Waals surface area contributed by atoms with Crippen molar-refractivity contribution in [2.75, 3.05) is 5.75 Å². The van der Waals surface area contributed by atoms with Crippen LogP contribution < -0.4 is 0 Å². The highest BCUT2D eigenvalue weighted by Gasteiger charge is 1.99. The molecule has 0 aliphatic rings. The van der Waals surface area contributed by atoms with Crippen molar-refractivity contribution in [1.29, 1.82) is 0 Å². The first-order valence-electron chi connectivity index (χ1n) is 3.82. The molecule has 1 aromatic heterocycles. The molecule has 0 atom stereocenters. The summed E-state index contributed by atoms with van der Waals surface area (Å²) in [7, 11) is 0. The number of aromatic nitrogens is 1. The zero-order chi connectivity index (χ0) is 8.97. The van der Waals surface area contributed by atoms with Gasteiger partial charge in [0.1, 0.15) is 0 Å². The number of aldehydes is 1. The Morgan fingerprint density at radius 1 is 1.67 bits per heavy atom. The highest BCUT2D eigenvalue weighted by Crippen LogP contribution is 2.19. The Kier molecular flexibility index (Phi) is 3.29. The molecule has 64 valence electrons. The summed E-state index contributed by atoms with van der Waals surface area (Å²) in [6.45, 7) is 4.05. The van der Waals surface area contributed by atoms with Gasteiger partial charge in [-0.1, -0.05) is 6.92 Å². The predicted octanol–water partition coefficient (Wildman–Crippen LogP) is 2.31. The van der Waals surface area contributed by atoms with Gasteiger partial charge in [-0.25, -0.2) is 4.98 Å². The number of rotatable bonds is 3. The third kappa shape index (κ3) is 2.08. The Morgan fingerprint density at radius 3 is 2.92 bits per heavy atom. The van der Waals surface area contributed by atoms with Gasteiger partial charge in [-0.3, -0.25) is 4.79 Å². The van der Waals surface area contributed by atoms with Crippen LogP contribution in [-0.4, -0.2) is 17.0 Å². The molecule has 0 radical (unpaired) electrons. The van der Waals surface area contributed by atoms with Crippen LogP contribution in [0, 0.1) is 6.92 Å². The first kappa shape index (κ1) is 9.26. The molecule has 0 unspecified atom stereocenters. The van der Waals surface area contributed by atoms with Gasteiger partial charge in [0.2, 0.25) is 0 Å². The SMILES string of the molecule is CCSc1ncc(C=O)cc1C. The van der Waals surface area contributed by atoms with Crippen LogP contribution in [0.4, 0.5) is 0 Å². The van der Waals surface area contributed by atoms with Crippen molar-refractivity contribution in [1.82, 2.24) is 4.98 Å². The van der Waals surface area contributed by atoms with E-state index in [1.54, 1.807) is 18.0 Å². The Balaban J connectivity index is 2.94. The topological polar surface area (TPSA) is 30.0 Å². The van der Waals surface area contributed by atoms with Gasteiger partial charge in [0.25, 0.3) is 0 Å². The minimum absolute atomic E-state index is 0.646. The van der Waals surface area contributed by atoms with Crippen LogP contribution >= 0.6 is 11.8 Å². The van der Waals surface area contributed by atoms with E-state index >= 15 is 0 Å². The van der Waals surface area contributed by atoms with E-state index in [-0.39, 0.29) is 0 Å². The molecule has 0 N–H and O–H groups in total. The standard InChI is InChI=1S/C9H11NOS/c1-3-12-9-7(2)4-8(6-11)5-10-9/h4-6H,3H2,1-2H3. The summed E-state index contributed by atoms with van der Waals surface area (Å²) in [5.74, 6) is 1.01. The van der Waals surface area contributed by atoms with E-state index in [0.29, 0.717) is 5.56 Å². The van der Waals surface area contributed by atoms with E-state index in [2.05, 4.69) is 11.9 Å². The lowest BCUT2D eigenvalue weighted by Gasteiger charge is -2.01. The van der Waals surface area contributed by atoms with Crippen LogP contribution in [-0.2, 0) is 0 Å². The monoisotopic (exact) mass is 181 g/mol. The first-order valence-corrected chi connectivity index (χ1v) is 4.81. The molecule has 3 heteroatoms. The second kappa shape index (κ2) is 4.26. The summed E-state index contributed by atoms with van der Waals surface area (Å²) < 4.78 is 0. The fourth-order valence-electron chi connectivity index (χ4n) is 0.936. The Hall–Kier alpha value is -0.830. The molecule has 0 amide bonds. The maximum Gasteiger partial charge on any atom is 0.151 e. The Bertz CT molecular complexity index is 286. The maximum atomic E-state index is 10.4. The van der Waals surface area contributed by atoms with E-state index < -0.39 is 0 Å². The van der Waals surface area contributed by atoms with Crippen molar-refractivity contribution in [3.05, 3.63) is 23.4 Å². The van der Waals surface area contributed by atoms with Crippen LogP contribution in [0.25, 0.3) is 0 Å². The lowest BCUT2D eigenvalue weighted by atomic mass is 10.2. The molecular formula is C9H11NOS. The van der Waals surface area contributed by atoms with Crippen molar-refractivity contribution in [2.24, 2.45) is 0 Å². The van der Waals surface area contributed by atoms with Gasteiger partial charge in [0.15, 0.2) is 6.29 Å². The van der Waals surface area contributed by atoms with Gasteiger partial charge in [0, 0.05) is 11.8 Å². The van der Waals surface area contributed by atoms with Crippen molar-refractivity contribution in [3.8, 4) is 0 Å². The zero-order valence-electron chi connectivity index (χ0n) is 7.20. The number of thioether (sulfide) groups is 1. The number of pyridine rings is 1. The highest BCUT2D eigenvalue weighted by molar-refractivity contribution is 7.99.